The van der Waals surface area contributed by atoms with Crippen LogP contribution in [0.4, 0.5) is 0 Å². The molecule has 1 aliphatic rings. The lowest BCUT2D eigenvalue weighted by Gasteiger charge is -2.25. The smallest absolute Gasteiger partial charge is 0.272 e. The number of hydrogen-bond acceptors (Lipinski definition) is 8. The van der Waals surface area contributed by atoms with E-state index >= 15 is 0 Å². The first-order chi connectivity index (χ1) is 24.2. The van der Waals surface area contributed by atoms with E-state index in [0.29, 0.717) is 93.2 Å². The fourth-order valence-corrected chi connectivity index (χ4v) is 6.33. The van der Waals surface area contributed by atoms with E-state index in [1.165, 1.54) is 10.6 Å². The van der Waals surface area contributed by atoms with Gasteiger partial charge in [0.1, 0.15) is 22.7 Å². The van der Waals surface area contributed by atoms with Crippen molar-refractivity contribution in [2.45, 2.75) is 46.1 Å². The number of imidazole rings is 1. The average Bonchev–Trinajstić information content (AvgIpc) is 3.73. The molecule has 0 saturated carbocycles. The number of methoxy groups -OCH3 is 1. The molecule has 2 amide bonds. The molecule has 1 aliphatic heterocycles. The van der Waals surface area contributed by atoms with Gasteiger partial charge in [-0.25, -0.2) is 9.97 Å². The van der Waals surface area contributed by atoms with Gasteiger partial charge in [0.05, 0.1) is 19.4 Å². The Balaban J connectivity index is 1.30. The molecule has 0 fully saturated rings. The van der Waals surface area contributed by atoms with Crippen molar-refractivity contribution in [2.24, 2.45) is 13.0 Å². The van der Waals surface area contributed by atoms with Crippen molar-refractivity contribution in [3.63, 3.8) is 0 Å². The second kappa shape index (κ2) is 15.4. The fourth-order valence-electron chi connectivity index (χ4n) is 6.33. The Labute approximate surface area is 291 Å². The van der Waals surface area contributed by atoms with Gasteiger partial charge in [-0.1, -0.05) is 19.9 Å². The molecule has 0 saturated heterocycles. The van der Waals surface area contributed by atoms with Gasteiger partial charge in [-0.05, 0) is 68.0 Å². The predicted octanol–water partition coefficient (Wildman–Crippen LogP) is 4.35. The number of aromatic nitrogens is 6. The molecule has 6 rings (SSSR count). The molecule has 4 aromatic heterocycles. The van der Waals surface area contributed by atoms with Crippen LogP contribution in [0.15, 0.2) is 72.0 Å². The summed E-state index contributed by atoms with van der Waals surface area (Å²) in [6, 6.07) is 12.8. The Bertz CT molecular complexity index is 2030. The highest BCUT2D eigenvalue weighted by Crippen LogP contribution is 2.32. The van der Waals surface area contributed by atoms with Crippen LogP contribution in [0.3, 0.4) is 0 Å². The molecule has 0 radical (unpaired) electrons. The first-order valence-corrected chi connectivity index (χ1v) is 17.1. The molecule has 2 bridgehead atoms. The van der Waals surface area contributed by atoms with Crippen molar-refractivity contribution in [1.29, 1.82) is 0 Å². The summed E-state index contributed by atoms with van der Waals surface area (Å²) in [7, 11) is 3.40. The standard InChI is InChI=1S/C37H44N8O5/c1-26(2)22-28-24-30(41(3)40-28)37(48)43-14-7-8-15-44(35(46)29-25-39-33-10-5-6-17-45(33)36(29)47)20-19-42-18-13-38-34(42)27-11-12-31(49-4)32(23-27)50-21-9-16-43/h5-6,10-13,17-18,23-26H,7-9,14-16,19-22H2,1-4H3. The molecule has 13 nitrogen and oxygen atoms in total. The van der Waals surface area contributed by atoms with Crippen molar-refractivity contribution >= 4 is 17.5 Å². The number of amides is 2. The van der Waals surface area contributed by atoms with E-state index in [1.54, 1.807) is 54.3 Å². The molecule has 13 heteroatoms. The van der Waals surface area contributed by atoms with Crippen LogP contribution in [0.1, 0.15) is 59.7 Å². The van der Waals surface area contributed by atoms with Crippen molar-refractivity contribution < 1.29 is 19.1 Å². The third-order valence-corrected chi connectivity index (χ3v) is 8.87. The lowest BCUT2D eigenvalue weighted by atomic mass is 10.1. The largest absolute Gasteiger partial charge is 0.493 e. The number of aryl methyl sites for hydroxylation is 1. The zero-order valence-corrected chi connectivity index (χ0v) is 29.1. The molecule has 0 aliphatic carbocycles. The van der Waals surface area contributed by atoms with Gasteiger partial charge in [0.25, 0.3) is 17.4 Å². The van der Waals surface area contributed by atoms with E-state index in [-0.39, 0.29) is 17.4 Å². The van der Waals surface area contributed by atoms with Crippen LogP contribution in [-0.2, 0) is 20.0 Å². The van der Waals surface area contributed by atoms with Gasteiger partial charge in [-0.2, -0.15) is 5.10 Å². The van der Waals surface area contributed by atoms with Gasteiger partial charge >= 0.3 is 0 Å². The Morgan fingerprint density at radius 1 is 0.920 bits per heavy atom. The molecular weight excluding hydrogens is 636 g/mol. The zero-order chi connectivity index (χ0) is 35.2. The van der Waals surface area contributed by atoms with E-state index in [9.17, 15) is 14.4 Å². The van der Waals surface area contributed by atoms with Crippen molar-refractivity contribution in [3.8, 4) is 22.9 Å². The first kappa shape index (κ1) is 34.4. The Morgan fingerprint density at radius 3 is 2.48 bits per heavy atom. The molecule has 5 aromatic rings. The van der Waals surface area contributed by atoms with Crippen molar-refractivity contribution in [1.82, 2.24) is 38.5 Å². The van der Waals surface area contributed by atoms with E-state index in [4.69, 9.17) is 9.47 Å². The molecule has 0 spiro atoms. The minimum Gasteiger partial charge on any atom is -0.493 e. The maximum atomic E-state index is 14.0. The monoisotopic (exact) mass is 680 g/mol. The van der Waals surface area contributed by atoms with Crippen LogP contribution in [0.5, 0.6) is 11.5 Å². The zero-order valence-electron chi connectivity index (χ0n) is 29.1. The molecule has 1 aromatic carbocycles. The summed E-state index contributed by atoms with van der Waals surface area (Å²) >= 11 is 0. The van der Waals surface area contributed by atoms with Gasteiger partial charge in [0.15, 0.2) is 11.5 Å². The third kappa shape index (κ3) is 7.56. The highest BCUT2D eigenvalue weighted by atomic mass is 16.5. The summed E-state index contributed by atoms with van der Waals surface area (Å²) in [6.07, 6.45) is 9.22. The van der Waals surface area contributed by atoms with Gasteiger partial charge in [0.2, 0.25) is 0 Å². The van der Waals surface area contributed by atoms with Gasteiger partial charge in [-0.15, -0.1) is 0 Å². The number of carbonyl (C=O) groups excluding carboxylic acids is 2. The molecule has 5 heterocycles. The van der Waals surface area contributed by atoms with E-state index in [0.717, 1.165) is 17.7 Å². The van der Waals surface area contributed by atoms with Crippen LogP contribution < -0.4 is 15.0 Å². The highest BCUT2D eigenvalue weighted by molar-refractivity contribution is 5.94. The Morgan fingerprint density at radius 2 is 1.70 bits per heavy atom. The summed E-state index contributed by atoms with van der Waals surface area (Å²) in [5.74, 6) is 1.82. The maximum Gasteiger partial charge on any atom is 0.272 e. The Kier molecular flexibility index (Phi) is 10.6. The maximum absolute atomic E-state index is 14.0. The van der Waals surface area contributed by atoms with E-state index in [1.807, 2.05) is 39.9 Å². The van der Waals surface area contributed by atoms with Crippen LogP contribution in [0, 0.1) is 5.92 Å². The molecule has 0 atom stereocenters. The topological polar surface area (TPSA) is 129 Å². The van der Waals surface area contributed by atoms with E-state index in [2.05, 4.69) is 28.9 Å². The predicted molar refractivity (Wildman–Crippen MR) is 189 cm³/mol. The van der Waals surface area contributed by atoms with E-state index < -0.39 is 5.56 Å². The normalized spacial score (nSPS) is 14.7. The van der Waals surface area contributed by atoms with Gasteiger partial charge in [0, 0.05) is 70.1 Å². The molecular formula is C37H44N8O5. The quantitative estimate of drug-likeness (QED) is 0.268. The molecule has 0 unspecified atom stereocenters. The second-order valence-corrected chi connectivity index (χ2v) is 13.0. The lowest BCUT2D eigenvalue weighted by Crippen LogP contribution is -2.39. The minimum atomic E-state index is -0.414. The molecule has 0 N–H and O–H groups in total. The summed E-state index contributed by atoms with van der Waals surface area (Å²) < 4.78 is 16.8. The van der Waals surface area contributed by atoms with Crippen LogP contribution >= 0.6 is 0 Å². The van der Waals surface area contributed by atoms with Gasteiger partial charge < -0.3 is 23.8 Å². The SMILES string of the molecule is COc1ccc2cc1OCCCN(C(=O)c1cc(CC(C)C)nn1C)CCCCN(C(=O)c1cnc3ccccn3c1=O)CCn1ccnc1-2. The number of nitrogens with zero attached hydrogens (tertiary/aromatic N) is 8. The number of carbonyl (C=O) groups is 2. The molecule has 262 valence electrons. The minimum absolute atomic E-state index is 0.00704. The number of hydrogen-bond donors (Lipinski definition) is 0. The first-order valence-electron chi connectivity index (χ1n) is 17.1. The van der Waals surface area contributed by atoms with Crippen LogP contribution in [-0.4, -0.2) is 90.2 Å². The van der Waals surface area contributed by atoms with Crippen molar-refractivity contribution in [3.05, 3.63) is 94.6 Å². The summed E-state index contributed by atoms with van der Waals surface area (Å²) in [6.45, 7) is 6.74. The number of pyridine rings is 1. The molecule has 50 heavy (non-hydrogen) atoms. The number of fused-ring (bicyclic) bond motifs is 5. The van der Waals surface area contributed by atoms with Crippen LogP contribution in [0.25, 0.3) is 17.0 Å². The number of ether oxygens (including phenoxy) is 2. The van der Waals surface area contributed by atoms with Gasteiger partial charge in [-0.3, -0.25) is 23.5 Å². The van der Waals surface area contributed by atoms with Crippen molar-refractivity contribution in [2.75, 3.05) is 39.9 Å². The Hall–Kier alpha value is -5.46. The summed E-state index contributed by atoms with van der Waals surface area (Å²) in [4.78, 5) is 53.9. The average molecular weight is 681 g/mol. The highest BCUT2D eigenvalue weighted by Gasteiger charge is 2.24. The fraction of sp³-hybridized carbons (Fsp3) is 0.405. The summed E-state index contributed by atoms with van der Waals surface area (Å²) in [5.41, 5.74) is 2.32. The number of rotatable bonds is 5. The number of benzene rings is 1. The lowest BCUT2D eigenvalue weighted by molar-refractivity contribution is 0.0706. The summed E-state index contributed by atoms with van der Waals surface area (Å²) in [5, 5.41) is 4.60. The van der Waals surface area contributed by atoms with Crippen LogP contribution in [0.2, 0.25) is 0 Å². The third-order valence-electron chi connectivity index (χ3n) is 8.87. The second-order valence-electron chi connectivity index (χ2n) is 13.0.